The highest BCUT2D eigenvalue weighted by Crippen LogP contribution is 2.60. The third-order valence-electron chi connectivity index (χ3n) is 7.29. The molecule has 3 atom stereocenters. The van der Waals surface area contributed by atoms with Gasteiger partial charge in [0.15, 0.2) is 5.41 Å². The third-order valence-corrected chi connectivity index (χ3v) is 7.81. The fraction of sp³-hybridized carbons (Fsp3) is 0.417. The largest absolute Gasteiger partial charge is 0.393 e. The molecular formula is C24H22Cl2F3N3O3. The van der Waals surface area contributed by atoms with Gasteiger partial charge in [0.05, 0.1) is 17.2 Å². The summed E-state index contributed by atoms with van der Waals surface area (Å²) in [6.45, 7) is 0. The summed E-state index contributed by atoms with van der Waals surface area (Å²) >= 11 is 12.0. The Kier molecular flexibility index (Phi) is 6.03. The summed E-state index contributed by atoms with van der Waals surface area (Å²) in [5, 5.41) is 16.9. The molecule has 1 aliphatic carbocycles. The minimum absolute atomic E-state index is 0.0683. The van der Waals surface area contributed by atoms with Gasteiger partial charge in [0.25, 0.3) is 0 Å². The van der Waals surface area contributed by atoms with Gasteiger partial charge in [-0.25, -0.2) is 9.71 Å². The van der Waals surface area contributed by atoms with E-state index in [-0.39, 0.29) is 32.9 Å². The zero-order valence-corrected chi connectivity index (χ0v) is 19.8. The summed E-state index contributed by atoms with van der Waals surface area (Å²) < 4.78 is 47.3. The maximum Gasteiger partial charge on any atom is 0.322 e. The van der Waals surface area contributed by atoms with E-state index in [1.165, 1.54) is 36.4 Å². The van der Waals surface area contributed by atoms with Crippen molar-refractivity contribution in [1.29, 1.82) is 0 Å². The van der Waals surface area contributed by atoms with E-state index in [9.17, 15) is 14.7 Å². The average molecular weight is 528 g/mol. The number of hydrogen-bond donors (Lipinski definition) is 4. The van der Waals surface area contributed by atoms with Crippen LogP contribution in [0.25, 0.3) is 0 Å². The van der Waals surface area contributed by atoms with Crippen molar-refractivity contribution in [1.82, 2.24) is 10.6 Å². The SMILES string of the molecule is O=C(NC1CCC(O)CC1)[C@@H]1NC(F)(F)[C@@]2(C(=O)Nc3cc(Cl)ccc32)[C@H]1c1cccc(Cl)c1F. The second-order valence-corrected chi connectivity index (χ2v) is 10.1. The van der Waals surface area contributed by atoms with Gasteiger partial charge in [0, 0.05) is 22.7 Å². The van der Waals surface area contributed by atoms with E-state index in [0.29, 0.717) is 25.7 Å². The van der Waals surface area contributed by atoms with Gasteiger partial charge in [-0.1, -0.05) is 41.4 Å². The van der Waals surface area contributed by atoms with Gasteiger partial charge in [-0.05, 0) is 55.0 Å². The highest BCUT2D eigenvalue weighted by atomic mass is 35.5. The van der Waals surface area contributed by atoms with Gasteiger partial charge in [-0.2, -0.15) is 8.78 Å². The van der Waals surface area contributed by atoms with Gasteiger partial charge in [0.2, 0.25) is 11.8 Å². The molecule has 11 heteroatoms. The van der Waals surface area contributed by atoms with Gasteiger partial charge in [-0.15, -0.1) is 0 Å². The summed E-state index contributed by atoms with van der Waals surface area (Å²) in [5.74, 6) is -4.48. The Morgan fingerprint density at radius 2 is 1.83 bits per heavy atom. The second-order valence-electron chi connectivity index (χ2n) is 9.28. The van der Waals surface area contributed by atoms with Gasteiger partial charge in [0.1, 0.15) is 5.82 Å². The summed E-state index contributed by atoms with van der Waals surface area (Å²) in [6, 6.07) is 1.98. The number of nitrogens with one attached hydrogen (secondary N) is 3. The monoisotopic (exact) mass is 527 g/mol. The fourth-order valence-corrected chi connectivity index (χ4v) is 6.02. The summed E-state index contributed by atoms with van der Waals surface area (Å²) in [6.07, 6.45) is 1.40. The molecular weight excluding hydrogens is 506 g/mol. The van der Waals surface area contributed by atoms with Crippen LogP contribution in [0.4, 0.5) is 18.9 Å². The zero-order chi connectivity index (χ0) is 25.1. The van der Waals surface area contributed by atoms with Crippen LogP contribution in [0, 0.1) is 5.82 Å². The number of rotatable bonds is 3. The highest BCUT2D eigenvalue weighted by Gasteiger charge is 2.75. The van der Waals surface area contributed by atoms with Crippen LogP contribution in [-0.4, -0.2) is 41.2 Å². The highest BCUT2D eigenvalue weighted by molar-refractivity contribution is 6.31. The molecule has 35 heavy (non-hydrogen) atoms. The van der Waals surface area contributed by atoms with E-state index < -0.39 is 47.2 Å². The first-order valence-electron chi connectivity index (χ1n) is 11.3. The minimum atomic E-state index is -3.93. The van der Waals surface area contributed by atoms with Crippen LogP contribution in [-0.2, 0) is 15.0 Å². The van der Waals surface area contributed by atoms with Crippen LogP contribution in [0.15, 0.2) is 36.4 Å². The molecule has 1 spiro atoms. The van der Waals surface area contributed by atoms with E-state index in [2.05, 4.69) is 10.6 Å². The molecule has 6 nitrogen and oxygen atoms in total. The lowest BCUT2D eigenvalue weighted by atomic mass is 9.66. The normalized spacial score (nSPS) is 31.3. The van der Waals surface area contributed by atoms with Crippen molar-refractivity contribution in [3.8, 4) is 0 Å². The van der Waals surface area contributed by atoms with E-state index >= 15 is 13.2 Å². The van der Waals surface area contributed by atoms with Gasteiger partial charge >= 0.3 is 6.05 Å². The van der Waals surface area contributed by atoms with Crippen molar-refractivity contribution >= 4 is 40.7 Å². The van der Waals surface area contributed by atoms with Crippen LogP contribution >= 0.6 is 23.2 Å². The number of hydrogen-bond acceptors (Lipinski definition) is 4. The average Bonchev–Trinajstić information content (AvgIpc) is 3.23. The predicted molar refractivity (Wildman–Crippen MR) is 124 cm³/mol. The number of benzene rings is 2. The zero-order valence-electron chi connectivity index (χ0n) is 18.3. The molecule has 0 unspecified atom stereocenters. The molecule has 5 rings (SSSR count). The first-order valence-corrected chi connectivity index (χ1v) is 12.0. The van der Waals surface area contributed by atoms with Crippen molar-refractivity contribution in [2.24, 2.45) is 0 Å². The molecule has 2 fully saturated rings. The summed E-state index contributed by atoms with van der Waals surface area (Å²) in [5.41, 5.74) is -2.94. The van der Waals surface area contributed by atoms with Crippen LogP contribution < -0.4 is 16.0 Å². The molecule has 3 aliphatic rings. The summed E-state index contributed by atoms with van der Waals surface area (Å²) in [4.78, 5) is 26.8. The van der Waals surface area contributed by atoms with Gasteiger partial charge < -0.3 is 15.7 Å². The number of aliphatic hydroxyl groups is 1. The second kappa shape index (κ2) is 8.65. The standard InChI is InChI=1S/C24H22Cl2F3N3O3/c25-11-4-9-15-17(10-11)31-22(35)23(15)18(14-2-1-3-16(26)19(14)27)20(32-24(23,28)29)21(34)30-12-5-7-13(33)8-6-12/h1-4,9-10,12-13,18,20,32-33H,5-8H2,(H,30,34)(H,31,35)/t12?,13?,18-,20+,23+/m0/s1. The topological polar surface area (TPSA) is 90.5 Å². The molecule has 0 bridgehead atoms. The quantitative estimate of drug-likeness (QED) is 0.452. The number of fused-ring (bicyclic) bond motifs is 2. The van der Waals surface area contributed by atoms with Gasteiger partial charge in [-0.3, -0.25) is 9.59 Å². The number of halogens is 5. The first kappa shape index (κ1) is 24.4. The Morgan fingerprint density at radius 3 is 2.54 bits per heavy atom. The van der Waals surface area contributed by atoms with Crippen molar-refractivity contribution in [2.75, 3.05) is 5.32 Å². The van der Waals surface area contributed by atoms with Crippen molar-refractivity contribution in [2.45, 2.75) is 61.3 Å². The molecule has 1 saturated carbocycles. The van der Waals surface area contributed by atoms with Crippen LogP contribution in [0.1, 0.15) is 42.7 Å². The van der Waals surface area contributed by atoms with Crippen LogP contribution in [0.2, 0.25) is 10.0 Å². The molecule has 4 N–H and O–H groups in total. The predicted octanol–water partition coefficient (Wildman–Crippen LogP) is 4.09. The number of carbonyl (C=O) groups excluding carboxylic acids is 2. The molecule has 0 aromatic heterocycles. The Hall–Kier alpha value is -2.33. The van der Waals surface area contributed by atoms with Crippen molar-refractivity contribution in [3.63, 3.8) is 0 Å². The van der Waals surface area contributed by atoms with E-state index in [1.54, 1.807) is 0 Å². The number of amides is 2. The molecule has 0 radical (unpaired) electrons. The lowest BCUT2D eigenvalue weighted by Gasteiger charge is -2.34. The molecule has 2 amide bonds. The van der Waals surface area contributed by atoms with E-state index in [0.717, 1.165) is 0 Å². The Balaban J connectivity index is 1.65. The maximum atomic E-state index is 16.0. The minimum Gasteiger partial charge on any atom is -0.393 e. The van der Waals surface area contributed by atoms with E-state index in [4.69, 9.17) is 23.2 Å². The molecule has 186 valence electrons. The number of aliphatic hydroxyl groups excluding tert-OH is 1. The van der Waals surface area contributed by atoms with Crippen molar-refractivity contribution in [3.05, 3.63) is 63.4 Å². The Bertz CT molecular complexity index is 1210. The molecule has 1 saturated heterocycles. The summed E-state index contributed by atoms with van der Waals surface area (Å²) in [7, 11) is 0. The first-order chi connectivity index (χ1) is 16.6. The van der Waals surface area contributed by atoms with Crippen molar-refractivity contribution < 1.29 is 27.9 Å². The fourth-order valence-electron chi connectivity index (χ4n) is 5.67. The number of alkyl halides is 2. The molecule has 2 heterocycles. The smallest absolute Gasteiger partial charge is 0.322 e. The van der Waals surface area contributed by atoms with Crippen LogP contribution in [0.5, 0.6) is 0 Å². The molecule has 2 aromatic carbocycles. The third kappa shape index (κ3) is 3.71. The molecule has 2 aliphatic heterocycles. The van der Waals surface area contributed by atoms with E-state index in [1.807, 2.05) is 5.32 Å². The lowest BCUT2D eigenvalue weighted by molar-refractivity contribution is -0.139. The lowest BCUT2D eigenvalue weighted by Crippen LogP contribution is -2.53. The maximum absolute atomic E-state index is 16.0. The number of carbonyl (C=O) groups is 2. The number of anilines is 1. The molecule has 2 aromatic rings. The Labute approximate surface area is 209 Å². The van der Waals surface area contributed by atoms with Crippen LogP contribution in [0.3, 0.4) is 0 Å². The Morgan fingerprint density at radius 1 is 1.11 bits per heavy atom.